The Morgan fingerprint density at radius 3 is 2.69 bits per heavy atom. The number of aromatic hydroxyl groups is 1. The van der Waals surface area contributed by atoms with Crippen LogP contribution in [0.15, 0.2) is 6.20 Å². The maximum absolute atomic E-state index is 10.8. The molecule has 1 aromatic rings. The first kappa shape index (κ1) is 9.44. The van der Waals surface area contributed by atoms with E-state index in [1.54, 1.807) is 0 Å². The number of primary amides is 1. The number of nitrogens with two attached hydrogens (primary N) is 1. The first-order valence-corrected chi connectivity index (χ1v) is 3.88. The Hall–Kier alpha value is -1.65. The molecule has 0 saturated heterocycles. The molecule has 0 spiro atoms. The van der Waals surface area contributed by atoms with Crippen molar-refractivity contribution in [2.75, 3.05) is 0 Å². The molecule has 0 saturated carbocycles. The molecule has 13 heavy (non-hydrogen) atoms. The molecule has 0 aromatic carbocycles. The van der Waals surface area contributed by atoms with Gasteiger partial charge in [0.2, 0.25) is 0 Å². The number of nitrogens with zero attached hydrogens (tertiary/aromatic N) is 2. The summed E-state index contributed by atoms with van der Waals surface area (Å²) >= 11 is 0. The lowest BCUT2D eigenvalue weighted by atomic mass is 10.2. The fraction of sp³-hybridized carbons (Fsp3) is 0.375. The summed E-state index contributed by atoms with van der Waals surface area (Å²) in [4.78, 5) is 18.5. The molecule has 3 N–H and O–H groups in total. The van der Waals surface area contributed by atoms with Crippen molar-refractivity contribution in [3.63, 3.8) is 0 Å². The van der Waals surface area contributed by atoms with Gasteiger partial charge in [0.05, 0.1) is 6.20 Å². The lowest BCUT2D eigenvalue weighted by molar-refractivity contribution is 0.0992. The van der Waals surface area contributed by atoms with Gasteiger partial charge in [-0.15, -0.1) is 0 Å². The number of hydrogen-bond acceptors (Lipinski definition) is 4. The van der Waals surface area contributed by atoms with Gasteiger partial charge >= 0.3 is 0 Å². The summed E-state index contributed by atoms with van der Waals surface area (Å²) in [6, 6.07) is 0. The van der Waals surface area contributed by atoms with Crippen LogP contribution in [0.5, 0.6) is 5.75 Å². The monoisotopic (exact) mass is 181 g/mol. The second-order valence-electron chi connectivity index (χ2n) is 2.98. The molecule has 0 atom stereocenters. The molecule has 5 nitrogen and oxygen atoms in total. The van der Waals surface area contributed by atoms with E-state index in [0.717, 1.165) is 0 Å². The number of carbonyl (C=O) groups excluding carboxylic acids is 1. The van der Waals surface area contributed by atoms with Crippen molar-refractivity contribution >= 4 is 5.91 Å². The van der Waals surface area contributed by atoms with Gasteiger partial charge in [0.25, 0.3) is 5.91 Å². The van der Waals surface area contributed by atoms with Crippen molar-refractivity contribution in [1.82, 2.24) is 9.97 Å². The predicted molar refractivity (Wildman–Crippen MR) is 46.3 cm³/mol. The van der Waals surface area contributed by atoms with Crippen LogP contribution < -0.4 is 5.73 Å². The van der Waals surface area contributed by atoms with Crippen LogP contribution in [0, 0.1) is 0 Å². The van der Waals surface area contributed by atoms with E-state index in [0.29, 0.717) is 5.82 Å². The minimum atomic E-state index is -0.748. The summed E-state index contributed by atoms with van der Waals surface area (Å²) in [7, 11) is 0. The number of amides is 1. The van der Waals surface area contributed by atoms with Gasteiger partial charge in [0, 0.05) is 5.92 Å². The van der Waals surface area contributed by atoms with E-state index in [-0.39, 0.29) is 17.4 Å². The van der Waals surface area contributed by atoms with Crippen LogP contribution in [0.4, 0.5) is 0 Å². The molecule has 0 aliphatic rings. The van der Waals surface area contributed by atoms with Gasteiger partial charge in [0.15, 0.2) is 11.4 Å². The van der Waals surface area contributed by atoms with Crippen LogP contribution in [0.1, 0.15) is 36.1 Å². The quantitative estimate of drug-likeness (QED) is 0.691. The van der Waals surface area contributed by atoms with Crippen LogP contribution in [-0.2, 0) is 0 Å². The summed E-state index contributed by atoms with van der Waals surface area (Å²) in [6.45, 7) is 3.77. The fourth-order valence-electron chi connectivity index (χ4n) is 0.849. The van der Waals surface area contributed by atoms with Gasteiger partial charge in [0.1, 0.15) is 5.82 Å². The zero-order valence-electron chi connectivity index (χ0n) is 7.48. The maximum Gasteiger partial charge on any atom is 0.271 e. The van der Waals surface area contributed by atoms with Crippen LogP contribution in [-0.4, -0.2) is 21.0 Å². The van der Waals surface area contributed by atoms with E-state index in [2.05, 4.69) is 9.97 Å². The Kier molecular flexibility index (Phi) is 2.46. The van der Waals surface area contributed by atoms with Crippen LogP contribution in [0.3, 0.4) is 0 Å². The average molecular weight is 181 g/mol. The topological polar surface area (TPSA) is 89.1 Å². The molecule has 0 aliphatic carbocycles. The van der Waals surface area contributed by atoms with Crippen LogP contribution in [0.2, 0.25) is 0 Å². The zero-order valence-corrected chi connectivity index (χ0v) is 7.48. The second-order valence-corrected chi connectivity index (χ2v) is 2.98. The smallest absolute Gasteiger partial charge is 0.271 e. The SMILES string of the molecule is CC(C)c1ncc(O)c(C(N)=O)n1. The summed E-state index contributed by atoms with van der Waals surface area (Å²) < 4.78 is 0. The molecular weight excluding hydrogens is 170 g/mol. The molecule has 0 aliphatic heterocycles. The molecule has 0 bridgehead atoms. The predicted octanol–water partition coefficient (Wildman–Crippen LogP) is 0.405. The lowest BCUT2D eigenvalue weighted by Crippen LogP contribution is -2.15. The lowest BCUT2D eigenvalue weighted by Gasteiger charge is -2.05. The molecule has 1 heterocycles. The first-order valence-electron chi connectivity index (χ1n) is 3.88. The Morgan fingerprint density at radius 1 is 1.62 bits per heavy atom. The van der Waals surface area contributed by atoms with Crippen molar-refractivity contribution in [2.24, 2.45) is 5.73 Å². The van der Waals surface area contributed by atoms with Crippen molar-refractivity contribution in [1.29, 1.82) is 0 Å². The first-order chi connectivity index (χ1) is 6.02. The molecular formula is C8H11N3O2. The molecule has 5 heteroatoms. The Balaban J connectivity index is 3.19. The minimum absolute atomic E-state index is 0.0960. The molecule has 0 fully saturated rings. The highest BCUT2D eigenvalue weighted by molar-refractivity contribution is 5.93. The highest BCUT2D eigenvalue weighted by Gasteiger charge is 2.12. The third-order valence-corrected chi connectivity index (χ3v) is 1.54. The van der Waals surface area contributed by atoms with Crippen molar-refractivity contribution in [3.8, 4) is 5.75 Å². The van der Waals surface area contributed by atoms with Gasteiger partial charge in [-0.2, -0.15) is 0 Å². The summed E-state index contributed by atoms with van der Waals surface area (Å²) in [5, 5.41) is 9.16. The largest absolute Gasteiger partial charge is 0.504 e. The highest BCUT2D eigenvalue weighted by atomic mass is 16.3. The van der Waals surface area contributed by atoms with E-state index >= 15 is 0 Å². The van der Waals surface area contributed by atoms with E-state index in [1.807, 2.05) is 13.8 Å². The van der Waals surface area contributed by atoms with E-state index in [4.69, 9.17) is 10.8 Å². The summed E-state index contributed by atoms with van der Waals surface area (Å²) in [5.74, 6) is -0.441. The second kappa shape index (κ2) is 3.38. The fourth-order valence-corrected chi connectivity index (χ4v) is 0.849. The number of rotatable bonds is 2. The number of hydrogen-bond donors (Lipinski definition) is 2. The minimum Gasteiger partial charge on any atom is -0.504 e. The van der Waals surface area contributed by atoms with Gasteiger partial charge in [-0.25, -0.2) is 9.97 Å². The van der Waals surface area contributed by atoms with Gasteiger partial charge in [-0.3, -0.25) is 4.79 Å². The zero-order chi connectivity index (χ0) is 10.0. The summed E-state index contributed by atoms with van der Waals surface area (Å²) in [5.41, 5.74) is 4.87. The summed E-state index contributed by atoms with van der Waals surface area (Å²) in [6.07, 6.45) is 1.18. The molecule has 1 rings (SSSR count). The van der Waals surface area contributed by atoms with Gasteiger partial charge < -0.3 is 10.8 Å². The molecule has 0 radical (unpaired) electrons. The van der Waals surface area contributed by atoms with Gasteiger partial charge in [-0.1, -0.05) is 13.8 Å². The van der Waals surface area contributed by atoms with Crippen molar-refractivity contribution in [3.05, 3.63) is 17.7 Å². The molecule has 70 valence electrons. The standard InChI is InChI=1S/C8H11N3O2/c1-4(2)8-10-3-5(12)6(11-8)7(9)13/h3-4,12H,1-2H3,(H2,9,13). The number of carbonyl (C=O) groups is 1. The van der Waals surface area contributed by atoms with Crippen molar-refractivity contribution < 1.29 is 9.90 Å². The number of aromatic nitrogens is 2. The third-order valence-electron chi connectivity index (χ3n) is 1.54. The average Bonchev–Trinajstić information content (AvgIpc) is 2.04. The Morgan fingerprint density at radius 2 is 2.23 bits per heavy atom. The van der Waals surface area contributed by atoms with Gasteiger partial charge in [-0.05, 0) is 0 Å². The molecule has 1 amide bonds. The van der Waals surface area contributed by atoms with Crippen LogP contribution >= 0.6 is 0 Å². The Labute approximate surface area is 75.6 Å². The van der Waals surface area contributed by atoms with E-state index in [1.165, 1.54) is 6.20 Å². The van der Waals surface area contributed by atoms with Crippen molar-refractivity contribution in [2.45, 2.75) is 19.8 Å². The normalized spacial score (nSPS) is 10.4. The molecule has 1 aromatic heterocycles. The maximum atomic E-state index is 10.8. The molecule has 0 unspecified atom stereocenters. The van der Waals surface area contributed by atoms with E-state index < -0.39 is 5.91 Å². The van der Waals surface area contributed by atoms with E-state index in [9.17, 15) is 4.79 Å². The highest BCUT2D eigenvalue weighted by Crippen LogP contribution is 2.15. The van der Waals surface area contributed by atoms with Crippen LogP contribution in [0.25, 0.3) is 0 Å². The third kappa shape index (κ3) is 1.93. The Bertz CT molecular complexity index is 336.